The molecule has 0 bridgehead atoms. The van der Waals surface area contributed by atoms with E-state index in [0.29, 0.717) is 0 Å². The molecule has 0 atom stereocenters. The molecule has 0 aliphatic heterocycles. The minimum atomic E-state index is 0. The Kier molecular flexibility index (Phi) is 23.7. The largest absolute Gasteiger partial charge is 0.381 e. The first-order chi connectivity index (χ1) is 8.41. The number of hydrogen-bond donors (Lipinski definition) is 0. The fourth-order valence-electron chi connectivity index (χ4n) is 2.07. The molecule has 0 aromatic rings. The van der Waals surface area contributed by atoms with Gasteiger partial charge in [-0.3, -0.25) is 0 Å². The van der Waals surface area contributed by atoms with E-state index in [-0.39, 0.29) is 26.2 Å². The average Bonchev–Trinajstić information content (AvgIpc) is 2.35. The van der Waals surface area contributed by atoms with Gasteiger partial charge in [-0.2, -0.15) is 0 Å². The second kappa shape index (κ2) is 20.2. The van der Waals surface area contributed by atoms with E-state index in [1.54, 1.807) is 0 Å². The topological polar surface area (TPSA) is 9.23 Å². The summed E-state index contributed by atoms with van der Waals surface area (Å²) in [5.41, 5.74) is 0. The van der Waals surface area contributed by atoms with Crippen LogP contribution in [0.15, 0.2) is 0 Å². The minimum absolute atomic E-state index is 0. The van der Waals surface area contributed by atoms with Gasteiger partial charge in [-0.1, -0.05) is 78.1 Å². The van der Waals surface area contributed by atoms with Crippen LogP contribution in [-0.4, -0.2) is 39.4 Å². The zero-order valence-corrected chi connectivity index (χ0v) is 16.2. The average molecular weight is 451 g/mol. The summed E-state index contributed by atoms with van der Waals surface area (Å²) in [7, 11) is 0. The summed E-state index contributed by atoms with van der Waals surface area (Å²) in [4.78, 5) is 0. The molecule has 0 fully saturated rings. The Bertz CT molecular complexity index is 114. The predicted molar refractivity (Wildman–Crippen MR) is 83.3 cm³/mol. The molecule has 0 saturated carbocycles. The summed E-state index contributed by atoms with van der Waals surface area (Å²) in [6.45, 7) is 6.51. The molecule has 0 rings (SSSR count). The van der Waals surface area contributed by atoms with Gasteiger partial charge in [0.1, 0.15) is 0 Å². The zero-order chi connectivity index (χ0) is 12.6. The molecule has 0 aliphatic carbocycles. The molecule has 2 heteroatoms. The number of hydrogen-bond acceptors (Lipinski definition) is 1. The molecule has 18 heavy (non-hydrogen) atoms. The fraction of sp³-hybridized carbons (Fsp3) is 1.00. The summed E-state index contributed by atoms with van der Waals surface area (Å²) < 4.78 is 5.65. The normalized spacial score (nSPS) is 10.3. The van der Waals surface area contributed by atoms with E-state index < -0.39 is 0 Å². The van der Waals surface area contributed by atoms with E-state index in [4.69, 9.17) is 4.74 Å². The predicted octanol–water partition coefficient (Wildman–Crippen LogP) is 5.34. The van der Waals surface area contributed by atoms with Crippen molar-refractivity contribution in [3.05, 3.63) is 0 Å². The van der Waals surface area contributed by atoms with E-state index in [1.165, 1.54) is 77.0 Å². The Morgan fingerprint density at radius 2 is 0.833 bits per heavy atom. The van der Waals surface area contributed by atoms with Gasteiger partial charge in [0.2, 0.25) is 0 Å². The van der Waals surface area contributed by atoms with Crippen molar-refractivity contribution in [2.75, 3.05) is 13.2 Å². The second-order valence-corrected chi connectivity index (χ2v) is 5.15. The first-order valence-electron chi connectivity index (χ1n) is 7.99. The second-order valence-electron chi connectivity index (χ2n) is 5.15. The molecular weight excluding hydrogens is 417 g/mol. The monoisotopic (exact) mass is 451 g/mol. The van der Waals surface area contributed by atoms with E-state index in [1.807, 2.05) is 0 Å². The minimum Gasteiger partial charge on any atom is -0.381 e. The molecule has 0 spiro atoms. The Morgan fingerprint density at radius 3 is 1.22 bits per heavy atom. The fourth-order valence-corrected chi connectivity index (χ4v) is 2.07. The van der Waals surface area contributed by atoms with E-state index in [9.17, 15) is 0 Å². The quantitative estimate of drug-likeness (QED) is 0.256. The van der Waals surface area contributed by atoms with Gasteiger partial charge < -0.3 is 4.74 Å². The molecule has 1 nitrogen and oxygen atoms in total. The van der Waals surface area contributed by atoms with Crippen molar-refractivity contribution in [2.45, 2.75) is 90.9 Å². The van der Waals surface area contributed by atoms with Crippen LogP contribution in [0.2, 0.25) is 0 Å². The van der Waals surface area contributed by atoms with Crippen molar-refractivity contribution in [3.8, 4) is 0 Å². The van der Waals surface area contributed by atoms with Crippen LogP contribution in [0.4, 0.5) is 0 Å². The summed E-state index contributed by atoms with van der Waals surface area (Å²) >= 11 is 0. The van der Waals surface area contributed by atoms with Crippen LogP contribution in [-0.2, 0) is 4.74 Å². The molecule has 3 radical (unpaired) electrons. The summed E-state index contributed by atoms with van der Waals surface area (Å²) in [5, 5.41) is 0. The molecule has 0 aliphatic rings. The van der Waals surface area contributed by atoms with Crippen LogP contribution in [0.3, 0.4) is 0 Å². The van der Waals surface area contributed by atoms with Crippen LogP contribution in [0.25, 0.3) is 0 Å². The third-order valence-electron chi connectivity index (χ3n) is 3.28. The zero-order valence-electron chi connectivity index (χ0n) is 12.8. The van der Waals surface area contributed by atoms with Gasteiger partial charge in [0.15, 0.2) is 0 Å². The van der Waals surface area contributed by atoms with Gasteiger partial charge >= 0.3 is 0 Å². The van der Waals surface area contributed by atoms with Crippen molar-refractivity contribution in [3.63, 3.8) is 0 Å². The third kappa shape index (κ3) is 19.2. The molecular formula is C16H34BiO. The van der Waals surface area contributed by atoms with Crippen molar-refractivity contribution >= 4 is 26.2 Å². The van der Waals surface area contributed by atoms with Gasteiger partial charge in [-0.15, -0.1) is 0 Å². The van der Waals surface area contributed by atoms with Crippen LogP contribution in [0.1, 0.15) is 90.9 Å². The summed E-state index contributed by atoms with van der Waals surface area (Å²) in [6, 6.07) is 0. The maximum atomic E-state index is 5.65. The van der Waals surface area contributed by atoms with Crippen LogP contribution < -0.4 is 0 Å². The first-order valence-corrected chi connectivity index (χ1v) is 7.99. The Hall–Kier alpha value is 0.843. The third-order valence-corrected chi connectivity index (χ3v) is 3.28. The van der Waals surface area contributed by atoms with Crippen LogP contribution >= 0.6 is 0 Å². The first kappa shape index (κ1) is 21.1. The molecule has 0 N–H and O–H groups in total. The molecule has 0 aromatic carbocycles. The maximum absolute atomic E-state index is 5.65. The van der Waals surface area contributed by atoms with Gasteiger partial charge in [-0.25, -0.2) is 0 Å². The maximum Gasteiger partial charge on any atom is 0.0466 e. The number of unbranched alkanes of at least 4 members (excludes halogenated alkanes) is 10. The summed E-state index contributed by atoms with van der Waals surface area (Å²) in [6.07, 6.45) is 16.3. The Labute approximate surface area is 135 Å². The van der Waals surface area contributed by atoms with Gasteiger partial charge in [0.25, 0.3) is 0 Å². The van der Waals surface area contributed by atoms with Gasteiger partial charge in [-0.05, 0) is 12.8 Å². The molecule has 0 unspecified atom stereocenters. The molecule has 0 heterocycles. The molecule has 0 amide bonds. The van der Waals surface area contributed by atoms with E-state index in [0.717, 1.165) is 13.2 Å². The van der Waals surface area contributed by atoms with Crippen LogP contribution in [0.5, 0.6) is 0 Å². The standard InChI is InChI=1S/C16H34O.Bi/c1-3-5-7-9-11-13-15-17-16-14-12-10-8-6-4-2;/h3-16H2,1-2H3;. The van der Waals surface area contributed by atoms with E-state index in [2.05, 4.69) is 13.8 Å². The molecule has 0 aromatic heterocycles. The molecule has 0 saturated heterocycles. The molecule has 109 valence electrons. The van der Waals surface area contributed by atoms with Gasteiger partial charge in [0, 0.05) is 39.4 Å². The van der Waals surface area contributed by atoms with Crippen molar-refractivity contribution in [2.24, 2.45) is 0 Å². The SMILES string of the molecule is CCCCCCCCOCCCCCCCC.[Bi]. The van der Waals surface area contributed by atoms with E-state index >= 15 is 0 Å². The van der Waals surface area contributed by atoms with Crippen molar-refractivity contribution in [1.82, 2.24) is 0 Å². The Morgan fingerprint density at radius 1 is 0.500 bits per heavy atom. The smallest absolute Gasteiger partial charge is 0.0466 e. The van der Waals surface area contributed by atoms with Gasteiger partial charge in [0.05, 0.1) is 0 Å². The van der Waals surface area contributed by atoms with Crippen molar-refractivity contribution in [1.29, 1.82) is 0 Å². The number of rotatable bonds is 14. The Balaban J connectivity index is 0. The van der Waals surface area contributed by atoms with Crippen molar-refractivity contribution < 1.29 is 4.74 Å². The van der Waals surface area contributed by atoms with Crippen LogP contribution in [0, 0.1) is 0 Å². The number of ether oxygens (including phenoxy) is 1. The summed E-state index contributed by atoms with van der Waals surface area (Å²) in [5.74, 6) is 0.